The summed E-state index contributed by atoms with van der Waals surface area (Å²) in [4.78, 5) is 31.5. The van der Waals surface area contributed by atoms with E-state index in [1.54, 1.807) is 35.2 Å². The number of carbonyl (C=O) groups excluding carboxylic acids is 2. The van der Waals surface area contributed by atoms with Crippen molar-refractivity contribution >= 4 is 23.8 Å². The summed E-state index contributed by atoms with van der Waals surface area (Å²) in [6.07, 6.45) is 5.72. The molecule has 0 unspecified atom stereocenters. The van der Waals surface area contributed by atoms with E-state index < -0.39 is 5.97 Å². The molecule has 142 valence electrons. The Bertz CT molecular complexity index is 974. The number of nitrogens with zero attached hydrogens (tertiary/aromatic N) is 2. The number of amides is 1. The van der Waals surface area contributed by atoms with Gasteiger partial charge in [-0.15, -0.1) is 0 Å². The van der Waals surface area contributed by atoms with Crippen LogP contribution in [0.1, 0.15) is 47.2 Å². The number of benzene rings is 2. The molecule has 2 heterocycles. The molecule has 0 saturated carbocycles. The van der Waals surface area contributed by atoms with Crippen molar-refractivity contribution in [3.8, 4) is 5.75 Å². The fourth-order valence-electron chi connectivity index (χ4n) is 3.44. The number of hydrogen-bond acceptors (Lipinski definition) is 4. The van der Waals surface area contributed by atoms with Crippen LogP contribution in [0, 0.1) is 6.92 Å². The molecule has 5 heteroatoms. The number of fused-ring (bicyclic) bond motifs is 1. The van der Waals surface area contributed by atoms with Crippen molar-refractivity contribution in [3.05, 3.63) is 70.9 Å². The van der Waals surface area contributed by atoms with E-state index in [4.69, 9.17) is 4.74 Å². The topological polar surface area (TPSA) is 59.0 Å². The van der Waals surface area contributed by atoms with Gasteiger partial charge in [0.15, 0.2) is 0 Å². The van der Waals surface area contributed by atoms with Crippen LogP contribution < -0.4 is 4.74 Å². The number of esters is 1. The van der Waals surface area contributed by atoms with Crippen LogP contribution in [0.2, 0.25) is 0 Å². The Kier molecular flexibility index (Phi) is 5.06. The maximum Gasteiger partial charge on any atom is 0.343 e. The molecule has 1 fully saturated rings. The SMILES string of the molecule is Cc1ccc(C(=O)Oc2ccccc2/C=C2\N=C3CCCCCN3C2=O)cc1. The molecule has 2 aliphatic heterocycles. The van der Waals surface area contributed by atoms with E-state index in [1.807, 2.05) is 31.2 Å². The normalized spacial score (nSPS) is 17.9. The van der Waals surface area contributed by atoms with Crippen LogP contribution in [0.5, 0.6) is 5.75 Å². The third-order valence-corrected chi connectivity index (χ3v) is 5.01. The van der Waals surface area contributed by atoms with E-state index in [9.17, 15) is 9.59 Å². The van der Waals surface area contributed by atoms with Gasteiger partial charge in [0, 0.05) is 18.5 Å². The number of hydrogen-bond donors (Lipinski definition) is 0. The first-order valence-electron chi connectivity index (χ1n) is 9.61. The molecule has 2 aliphatic rings. The molecule has 1 saturated heterocycles. The predicted molar refractivity (Wildman–Crippen MR) is 108 cm³/mol. The third-order valence-electron chi connectivity index (χ3n) is 5.01. The Balaban J connectivity index is 1.60. The lowest BCUT2D eigenvalue weighted by Gasteiger charge is -2.14. The van der Waals surface area contributed by atoms with Crippen molar-refractivity contribution < 1.29 is 14.3 Å². The number of para-hydroxylation sites is 1. The molecule has 2 aromatic rings. The zero-order valence-corrected chi connectivity index (χ0v) is 15.9. The minimum absolute atomic E-state index is 0.0726. The third kappa shape index (κ3) is 3.74. The zero-order chi connectivity index (χ0) is 19.5. The highest BCUT2D eigenvalue weighted by Crippen LogP contribution is 2.27. The average molecular weight is 374 g/mol. The minimum atomic E-state index is -0.427. The van der Waals surface area contributed by atoms with Gasteiger partial charge < -0.3 is 4.74 Å². The van der Waals surface area contributed by atoms with Crippen LogP contribution in [-0.2, 0) is 4.79 Å². The molecule has 0 aliphatic carbocycles. The van der Waals surface area contributed by atoms with E-state index in [0.29, 0.717) is 22.6 Å². The standard InChI is InChI=1S/C23H22N2O3/c1-16-10-12-17(13-11-16)23(27)28-20-8-5-4-7-18(20)15-19-22(26)25-14-6-2-3-9-21(25)24-19/h4-5,7-8,10-13,15H,2-3,6,9,14H2,1H3/b19-15-. The van der Waals surface area contributed by atoms with E-state index >= 15 is 0 Å². The Morgan fingerprint density at radius 3 is 2.68 bits per heavy atom. The second kappa shape index (κ2) is 7.80. The summed E-state index contributed by atoms with van der Waals surface area (Å²) in [5.74, 6) is 0.763. The van der Waals surface area contributed by atoms with Crippen LogP contribution in [0.15, 0.2) is 59.2 Å². The molecule has 0 aromatic heterocycles. The van der Waals surface area contributed by atoms with Crippen LogP contribution in [0.3, 0.4) is 0 Å². The molecule has 1 amide bonds. The lowest BCUT2D eigenvalue weighted by atomic mass is 10.1. The van der Waals surface area contributed by atoms with Crippen molar-refractivity contribution in [2.75, 3.05) is 6.54 Å². The largest absolute Gasteiger partial charge is 0.422 e. The Morgan fingerprint density at radius 2 is 1.86 bits per heavy atom. The van der Waals surface area contributed by atoms with E-state index in [2.05, 4.69) is 4.99 Å². The van der Waals surface area contributed by atoms with Crippen molar-refractivity contribution in [1.82, 2.24) is 4.90 Å². The number of aryl methyl sites for hydroxylation is 1. The first-order chi connectivity index (χ1) is 13.6. The summed E-state index contributed by atoms with van der Waals surface area (Å²) in [6.45, 7) is 2.69. The fourth-order valence-corrected chi connectivity index (χ4v) is 3.44. The lowest BCUT2D eigenvalue weighted by molar-refractivity contribution is -0.122. The molecule has 0 radical (unpaired) electrons. The van der Waals surface area contributed by atoms with Gasteiger partial charge in [-0.1, -0.05) is 42.3 Å². The van der Waals surface area contributed by atoms with Gasteiger partial charge in [0.2, 0.25) is 0 Å². The molecule has 0 spiro atoms. The van der Waals surface area contributed by atoms with Gasteiger partial charge in [-0.25, -0.2) is 9.79 Å². The van der Waals surface area contributed by atoms with Gasteiger partial charge in [0.1, 0.15) is 17.3 Å². The maximum atomic E-state index is 12.7. The van der Waals surface area contributed by atoms with Crippen LogP contribution >= 0.6 is 0 Å². The number of amidine groups is 1. The number of aliphatic imine (C=N–C) groups is 1. The fraction of sp³-hybridized carbons (Fsp3) is 0.261. The summed E-state index contributed by atoms with van der Waals surface area (Å²) in [5, 5.41) is 0. The quantitative estimate of drug-likeness (QED) is 0.455. The van der Waals surface area contributed by atoms with Crippen molar-refractivity contribution in [1.29, 1.82) is 0 Å². The van der Waals surface area contributed by atoms with Crippen molar-refractivity contribution in [2.45, 2.75) is 32.6 Å². The van der Waals surface area contributed by atoms with Crippen LogP contribution in [0.25, 0.3) is 6.08 Å². The van der Waals surface area contributed by atoms with Crippen LogP contribution in [-0.4, -0.2) is 29.2 Å². The zero-order valence-electron chi connectivity index (χ0n) is 15.9. The molecular weight excluding hydrogens is 352 g/mol. The Hall–Kier alpha value is -3.21. The van der Waals surface area contributed by atoms with E-state index in [1.165, 1.54) is 0 Å². The number of ether oxygens (including phenoxy) is 1. The monoisotopic (exact) mass is 374 g/mol. The maximum absolute atomic E-state index is 12.7. The molecule has 0 bridgehead atoms. The van der Waals surface area contributed by atoms with Gasteiger partial charge in [-0.05, 0) is 44.0 Å². The highest BCUT2D eigenvalue weighted by molar-refractivity contribution is 6.14. The number of rotatable bonds is 3. The summed E-state index contributed by atoms with van der Waals surface area (Å²) >= 11 is 0. The first-order valence-corrected chi connectivity index (χ1v) is 9.61. The summed E-state index contributed by atoms with van der Waals surface area (Å²) in [7, 11) is 0. The highest BCUT2D eigenvalue weighted by Gasteiger charge is 2.30. The highest BCUT2D eigenvalue weighted by atomic mass is 16.5. The second-order valence-electron chi connectivity index (χ2n) is 7.12. The summed E-state index contributed by atoms with van der Waals surface area (Å²) in [5.41, 5.74) is 2.62. The molecule has 0 atom stereocenters. The van der Waals surface area contributed by atoms with Gasteiger partial charge >= 0.3 is 5.97 Å². The second-order valence-corrected chi connectivity index (χ2v) is 7.12. The van der Waals surface area contributed by atoms with Gasteiger partial charge in [-0.2, -0.15) is 0 Å². The van der Waals surface area contributed by atoms with E-state index in [0.717, 1.165) is 43.6 Å². The predicted octanol–water partition coefficient (Wildman–Crippen LogP) is 4.37. The van der Waals surface area contributed by atoms with E-state index in [-0.39, 0.29) is 5.91 Å². The molecule has 4 rings (SSSR count). The molecule has 5 nitrogen and oxygen atoms in total. The van der Waals surface area contributed by atoms with Crippen molar-refractivity contribution in [2.24, 2.45) is 4.99 Å². The summed E-state index contributed by atoms with van der Waals surface area (Å²) < 4.78 is 5.60. The van der Waals surface area contributed by atoms with Gasteiger partial charge in [0.25, 0.3) is 5.91 Å². The first kappa shape index (κ1) is 18.2. The Labute approximate surface area is 164 Å². The number of carbonyl (C=O) groups is 2. The minimum Gasteiger partial charge on any atom is -0.422 e. The molecule has 28 heavy (non-hydrogen) atoms. The lowest BCUT2D eigenvalue weighted by Crippen LogP contribution is -2.31. The van der Waals surface area contributed by atoms with Crippen LogP contribution in [0.4, 0.5) is 0 Å². The molecular formula is C23H22N2O3. The molecule has 2 aromatic carbocycles. The summed E-state index contributed by atoms with van der Waals surface area (Å²) in [6, 6.07) is 14.4. The smallest absolute Gasteiger partial charge is 0.343 e. The Morgan fingerprint density at radius 1 is 1.07 bits per heavy atom. The van der Waals surface area contributed by atoms with Gasteiger partial charge in [0.05, 0.1) is 5.56 Å². The van der Waals surface area contributed by atoms with Gasteiger partial charge in [-0.3, -0.25) is 9.69 Å². The molecule has 0 N–H and O–H groups in total. The van der Waals surface area contributed by atoms with Crippen molar-refractivity contribution in [3.63, 3.8) is 0 Å². The average Bonchev–Trinajstić information content (AvgIpc) is 2.85.